The van der Waals surface area contributed by atoms with Crippen molar-refractivity contribution in [3.05, 3.63) is 41.9 Å². The number of H-pyrrole nitrogens is 1. The van der Waals surface area contributed by atoms with Crippen LogP contribution < -0.4 is 10.6 Å². The first-order chi connectivity index (χ1) is 7.84. The summed E-state index contributed by atoms with van der Waals surface area (Å²) in [6.07, 6.45) is 2.98. The van der Waals surface area contributed by atoms with E-state index in [1.807, 2.05) is 0 Å². The second-order valence-electron chi connectivity index (χ2n) is 3.46. The van der Waals surface area contributed by atoms with E-state index >= 15 is 0 Å². The third-order valence-electron chi connectivity index (χ3n) is 2.44. The van der Waals surface area contributed by atoms with Crippen molar-refractivity contribution in [1.29, 1.82) is 0 Å². The molecule has 0 bridgehead atoms. The number of anilines is 1. The maximum Gasteiger partial charge on any atom is 0.256 e. The number of pyridine rings is 1. The van der Waals surface area contributed by atoms with Gasteiger partial charge in [-0.25, -0.2) is 4.98 Å². The fraction of sp³-hybridized carbons (Fsp3) is 0.100. The quantitative estimate of drug-likeness (QED) is 0.652. The smallest absolute Gasteiger partial charge is 0.256 e. The number of aromatic amines is 1. The molecular weight excluding hydrogens is 206 g/mol. The molecule has 2 aromatic heterocycles. The Bertz CT molecular complexity index is 522. The molecule has 3 heterocycles. The van der Waals surface area contributed by atoms with Gasteiger partial charge in [0.2, 0.25) is 0 Å². The second kappa shape index (κ2) is 3.34. The molecule has 6 nitrogen and oxygen atoms in total. The molecule has 3 rings (SSSR count). The zero-order valence-corrected chi connectivity index (χ0v) is 8.27. The van der Waals surface area contributed by atoms with Crippen LogP contribution >= 0.6 is 0 Å². The third kappa shape index (κ3) is 1.31. The molecule has 0 saturated heterocycles. The lowest BCUT2D eigenvalue weighted by Crippen LogP contribution is -2.39. The van der Waals surface area contributed by atoms with E-state index in [1.54, 1.807) is 30.6 Å². The molecule has 2 aromatic rings. The Morgan fingerprint density at radius 1 is 1.19 bits per heavy atom. The SMILES string of the molecule is O=C1NC(c2ccn[nH]2)Nc2ncccc21. The van der Waals surface area contributed by atoms with E-state index in [0.717, 1.165) is 5.69 Å². The van der Waals surface area contributed by atoms with Crippen LogP contribution in [0.3, 0.4) is 0 Å². The minimum absolute atomic E-state index is 0.138. The van der Waals surface area contributed by atoms with Crippen LogP contribution in [0.15, 0.2) is 30.6 Å². The first-order valence-corrected chi connectivity index (χ1v) is 4.86. The molecule has 0 aromatic carbocycles. The molecule has 1 amide bonds. The Morgan fingerprint density at radius 3 is 2.94 bits per heavy atom. The topological polar surface area (TPSA) is 82.7 Å². The monoisotopic (exact) mass is 215 g/mol. The van der Waals surface area contributed by atoms with E-state index in [1.165, 1.54) is 0 Å². The predicted octanol–water partition coefficient (Wildman–Crippen LogP) is 0.659. The van der Waals surface area contributed by atoms with Crippen molar-refractivity contribution in [3.63, 3.8) is 0 Å². The van der Waals surface area contributed by atoms with E-state index in [0.29, 0.717) is 11.4 Å². The maximum atomic E-state index is 11.8. The fourth-order valence-electron chi connectivity index (χ4n) is 1.67. The summed E-state index contributed by atoms with van der Waals surface area (Å²) in [5.74, 6) is 0.451. The van der Waals surface area contributed by atoms with Crippen LogP contribution in [0.1, 0.15) is 22.2 Å². The minimum atomic E-state index is -0.308. The summed E-state index contributed by atoms with van der Waals surface area (Å²) in [6.45, 7) is 0. The van der Waals surface area contributed by atoms with Crippen molar-refractivity contribution in [2.75, 3.05) is 5.32 Å². The summed E-state index contributed by atoms with van der Waals surface area (Å²) in [6, 6.07) is 5.26. The highest BCUT2D eigenvalue weighted by atomic mass is 16.2. The molecule has 6 heteroatoms. The second-order valence-corrected chi connectivity index (χ2v) is 3.46. The van der Waals surface area contributed by atoms with E-state index < -0.39 is 0 Å². The average molecular weight is 215 g/mol. The van der Waals surface area contributed by atoms with Crippen molar-refractivity contribution >= 4 is 11.7 Å². The van der Waals surface area contributed by atoms with Crippen molar-refractivity contribution in [1.82, 2.24) is 20.5 Å². The summed E-state index contributed by atoms with van der Waals surface area (Å²) < 4.78 is 0. The molecular formula is C10H9N5O. The fourth-order valence-corrected chi connectivity index (χ4v) is 1.67. The van der Waals surface area contributed by atoms with Gasteiger partial charge in [-0.1, -0.05) is 0 Å². The van der Waals surface area contributed by atoms with E-state index in [-0.39, 0.29) is 12.1 Å². The number of fused-ring (bicyclic) bond motifs is 1. The lowest BCUT2D eigenvalue weighted by molar-refractivity contribution is 0.0934. The Labute approximate surface area is 91.1 Å². The van der Waals surface area contributed by atoms with Gasteiger partial charge in [-0.3, -0.25) is 9.89 Å². The van der Waals surface area contributed by atoms with Gasteiger partial charge in [-0.2, -0.15) is 5.10 Å². The van der Waals surface area contributed by atoms with Gasteiger partial charge in [-0.05, 0) is 18.2 Å². The number of hydrogen-bond acceptors (Lipinski definition) is 4. The van der Waals surface area contributed by atoms with Gasteiger partial charge in [0.25, 0.3) is 5.91 Å². The highest BCUT2D eigenvalue weighted by molar-refractivity contribution is 6.00. The molecule has 0 radical (unpaired) electrons. The van der Waals surface area contributed by atoms with Crippen LogP contribution in [0.25, 0.3) is 0 Å². The highest BCUT2D eigenvalue weighted by Gasteiger charge is 2.25. The van der Waals surface area contributed by atoms with Crippen LogP contribution in [0.2, 0.25) is 0 Å². The van der Waals surface area contributed by atoms with Crippen molar-refractivity contribution < 1.29 is 4.79 Å². The number of rotatable bonds is 1. The van der Waals surface area contributed by atoms with Crippen molar-refractivity contribution in [3.8, 4) is 0 Å². The number of aromatic nitrogens is 3. The number of carbonyl (C=O) groups excluding carboxylic acids is 1. The van der Waals surface area contributed by atoms with Gasteiger partial charge in [-0.15, -0.1) is 0 Å². The van der Waals surface area contributed by atoms with Gasteiger partial charge in [0.05, 0.1) is 11.3 Å². The number of carbonyl (C=O) groups is 1. The number of amides is 1. The molecule has 80 valence electrons. The van der Waals surface area contributed by atoms with Gasteiger partial charge in [0.1, 0.15) is 12.0 Å². The minimum Gasteiger partial charge on any atom is -0.344 e. The first kappa shape index (κ1) is 8.90. The largest absolute Gasteiger partial charge is 0.344 e. The highest BCUT2D eigenvalue weighted by Crippen LogP contribution is 2.22. The molecule has 1 aliphatic rings. The lowest BCUT2D eigenvalue weighted by atomic mass is 10.1. The van der Waals surface area contributed by atoms with E-state index in [4.69, 9.17) is 0 Å². The van der Waals surface area contributed by atoms with Gasteiger partial charge in [0, 0.05) is 12.4 Å². The summed E-state index contributed by atoms with van der Waals surface area (Å²) in [4.78, 5) is 15.9. The predicted molar refractivity (Wildman–Crippen MR) is 56.7 cm³/mol. The van der Waals surface area contributed by atoms with Gasteiger partial charge >= 0.3 is 0 Å². The Balaban J connectivity index is 1.98. The molecule has 0 fully saturated rings. The van der Waals surface area contributed by atoms with Gasteiger partial charge in [0.15, 0.2) is 0 Å². The van der Waals surface area contributed by atoms with Crippen LogP contribution in [0, 0.1) is 0 Å². The van der Waals surface area contributed by atoms with Crippen LogP contribution in [0.4, 0.5) is 5.82 Å². The molecule has 1 atom stereocenters. The van der Waals surface area contributed by atoms with Crippen molar-refractivity contribution in [2.45, 2.75) is 6.17 Å². The number of nitrogens with zero attached hydrogens (tertiary/aromatic N) is 2. The molecule has 0 saturated carbocycles. The lowest BCUT2D eigenvalue weighted by Gasteiger charge is -2.25. The molecule has 16 heavy (non-hydrogen) atoms. The van der Waals surface area contributed by atoms with Crippen LogP contribution in [0.5, 0.6) is 0 Å². The summed E-state index contributed by atoms with van der Waals surface area (Å²) in [5, 5.41) is 12.6. The number of nitrogens with one attached hydrogen (secondary N) is 3. The first-order valence-electron chi connectivity index (χ1n) is 4.86. The Morgan fingerprint density at radius 2 is 2.12 bits per heavy atom. The summed E-state index contributed by atoms with van der Waals surface area (Å²) >= 11 is 0. The molecule has 1 aliphatic heterocycles. The standard InChI is InChI=1S/C10H9N5O/c16-10-6-2-1-4-11-8(6)13-9(14-10)7-3-5-12-15-7/h1-5,9H,(H,11,13)(H,12,15)(H,14,16). The third-order valence-corrected chi connectivity index (χ3v) is 2.44. The summed E-state index contributed by atoms with van der Waals surface area (Å²) in [7, 11) is 0. The Kier molecular flexibility index (Phi) is 1.86. The molecule has 0 aliphatic carbocycles. The number of hydrogen-bond donors (Lipinski definition) is 3. The zero-order chi connectivity index (χ0) is 11.0. The van der Waals surface area contributed by atoms with Gasteiger partial charge < -0.3 is 10.6 Å². The molecule has 1 unspecified atom stereocenters. The van der Waals surface area contributed by atoms with E-state index in [9.17, 15) is 4.79 Å². The molecule has 3 N–H and O–H groups in total. The molecule has 0 spiro atoms. The average Bonchev–Trinajstić information content (AvgIpc) is 2.82. The van der Waals surface area contributed by atoms with Crippen molar-refractivity contribution in [2.24, 2.45) is 0 Å². The van der Waals surface area contributed by atoms with E-state index in [2.05, 4.69) is 25.8 Å². The maximum absolute atomic E-state index is 11.8. The normalized spacial score (nSPS) is 18.5. The Hall–Kier alpha value is -2.37. The zero-order valence-electron chi connectivity index (χ0n) is 8.27. The summed E-state index contributed by atoms with van der Waals surface area (Å²) in [5.41, 5.74) is 1.35. The van der Waals surface area contributed by atoms with Crippen LogP contribution in [-0.4, -0.2) is 21.1 Å². The van der Waals surface area contributed by atoms with Crippen LogP contribution in [-0.2, 0) is 0 Å².